The number of thiophene rings is 1. The number of aromatic nitrogens is 2. The molecule has 0 saturated heterocycles. The predicted octanol–water partition coefficient (Wildman–Crippen LogP) is 5.98. The number of benzene rings is 2. The van der Waals surface area contributed by atoms with Gasteiger partial charge in [0.05, 0.1) is 17.6 Å². The Morgan fingerprint density at radius 3 is 2.55 bits per heavy atom. The van der Waals surface area contributed by atoms with Gasteiger partial charge in [0.25, 0.3) is 0 Å². The van der Waals surface area contributed by atoms with Crippen LogP contribution in [0.1, 0.15) is 28.6 Å². The Morgan fingerprint density at radius 2 is 1.83 bits per heavy atom. The minimum Gasteiger partial charge on any atom is -0.462 e. The molecule has 2 aromatic carbocycles. The van der Waals surface area contributed by atoms with E-state index in [4.69, 9.17) is 4.74 Å². The minimum atomic E-state index is -0.303. The average molecular weight is 404 g/mol. The molecule has 29 heavy (non-hydrogen) atoms. The maximum atomic E-state index is 12.0. The molecule has 5 nitrogen and oxygen atoms in total. The Hall–Kier alpha value is -3.25. The van der Waals surface area contributed by atoms with E-state index in [2.05, 4.69) is 34.3 Å². The molecule has 4 rings (SSSR count). The zero-order chi connectivity index (χ0) is 20.2. The van der Waals surface area contributed by atoms with E-state index in [1.165, 1.54) is 4.88 Å². The fourth-order valence-electron chi connectivity index (χ4n) is 3.20. The topological polar surface area (TPSA) is 64.1 Å². The zero-order valence-corrected chi connectivity index (χ0v) is 17.1. The van der Waals surface area contributed by atoms with E-state index < -0.39 is 0 Å². The van der Waals surface area contributed by atoms with E-state index in [1.54, 1.807) is 29.8 Å². The lowest BCUT2D eigenvalue weighted by Crippen LogP contribution is -2.05. The highest BCUT2D eigenvalue weighted by Gasteiger charge is 2.17. The molecule has 0 unspecified atom stereocenters. The number of hydrogen-bond donors (Lipinski definition) is 1. The number of anilines is 2. The number of aryl methyl sites for hydroxylation is 1. The van der Waals surface area contributed by atoms with Gasteiger partial charge in [-0.25, -0.2) is 14.8 Å². The highest BCUT2D eigenvalue weighted by Crippen LogP contribution is 2.40. The molecule has 0 aliphatic heterocycles. The number of carbonyl (C=O) groups is 1. The summed E-state index contributed by atoms with van der Waals surface area (Å²) in [5.41, 5.74) is 3.67. The summed E-state index contributed by atoms with van der Waals surface area (Å²) in [5, 5.41) is 4.39. The van der Waals surface area contributed by atoms with Crippen LogP contribution in [0, 0.1) is 6.92 Å². The maximum absolute atomic E-state index is 12.0. The Kier molecular flexibility index (Phi) is 5.53. The van der Waals surface area contributed by atoms with E-state index in [0.29, 0.717) is 12.2 Å². The number of carbonyl (C=O) groups excluding carboxylic acids is 1. The second-order valence-electron chi connectivity index (χ2n) is 6.64. The molecule has 6 heteroatoms. The molecule has 0 bridgehead atoms. The summed E-state index contributed by atoms with van der Waals surface area (Å²) in [6, 6.07) is 17.5. The Bertz CT molecular complexity index is 1140. The molecular weight excluding hydrogens is 382 g/mol. The van der Waals surface area contributed by atoms with Gasteiger partial charge in [0.1, 0.15) is 17.0 Å². The number of rotatable bonds is 6. The molecule has 0 spiro atoms. The van der Waals surface area contributed by atoms with Crippen molar-refractivity contribution in [3.05, 3.63) is 71.4 Å². The number of nitrogens with one attached hydrogen (secondary N) is 1. The fraction of sp³-hybridized carbons (Fsp3) is 0.174. The number of hydrogen-bond acceptors (Lipinski definition) is 6. The van der Waals surface area contributed by atoms with E-state index in [1.807, 2.05) is 37.3 Å². The lowest BCUT2D eigenvalue weighted by molar-refractivity contribution is 0.0505. The third-order valence-electron chi connectivity index (χ3n) is 4.55. The lowest BCUT2D eigenvalue weighted by Gasteiger charge is -2.10. The second kappa shape index (κ2) is 8.41. The van der Waals surface area contributed by atoms with E-state index in [9.17, 15) is 4.79 Å². The standard InChI is InChI=1S/C23H21N3O2S/c1-3-13-28-23(27)17-9-11-18(12-10-17)26-21-20-19(16-7-5-4-6-8-16)15(2)29-22(20)25-14-24-21/h4-12,14H,3,13H2,1-2H3,(H,24,25,26). The fourth-order valence-corrected chi connectivity index (χ4v) is 4.21. The van der Waals surface area contributed by atoms with Crippen LogP contribution in [0.5, 0.6) is 0 Å². The van der Waals surface area contributed by atoms with Crippen LogP contribution in [0.3, 0.4) is 0 Å². The number of fused-ring (bicyclic) bond motifs is 1. The van der Waals surface area contributed by atoms with Gasteiger partial charge in [0.15, 0.2) is 0 Å². The lowest BCUT2D eigenvalue weighted by atomic mass is 10.0. The SMILES string of the molecule is CCCOC(=O)c1ccc(Nc2ncnc3sc(C)c(-c4ccccc4)c23)cc1. The first kappa shape index (κ1) is 19.1. The zero-order valence-electron chi connectivity index (χ0n) is 16.3. The van der Waals surface area contributed by atoms with Crippen molar-refractivity contribution in [3.8, 4) is 11.1 Å². The predicted molar refractivity (Wildman–Crippen MR) is 118 cm³/mol. The molecular formula is C23H21N3O2S. The van der Waals surface area contributed by atoms with Gasteiger partial charge < -0.3 is 10.1 Å². The number of ether oxygens (including phenoxy) is 1. The largest absolute Gasteiger partial charge is 0.462 e. The highest BCUT2D eigenvalue weighted by atomic mass is 32.1. The monoisotopic (exact) mass is 403 g/mol. The van der Waals surface area contributed by atoms with E-state index >= 15 is 0 Å². The van der Waals surface area contributed by atoms with Crippen molar-refractivity contribution in [1.82, 2.24) is 9.97 Å². The van der Waals surface area contributed by atoms with Crippen LogP contribution >= 0.6 is 11.3 Å². The highest BCUT2D eigenvalue weighted by molar-refractivity contribution is 7.19. The number of nitrogens with zero attached hydrogens (tertiary/aromatic N) is 2. The molecule has 0 saturated carbocycles. The molecule has 0 amide bonds. The van der Waals surface area contributed by atoms with Gasteiger partial charge >= 0.3 is 5.97 Å². The summed E-state index contributed by atoms with van der Waals surface area (Å²) < 4.78 is 5.18. The summed E-state index contributed by atoms with van der Waals surface area (Å²) in [7, 11) is 0. The molecule has 1 N–H and O–H groups in total. The van der Waals surface area contributed by atoms with Crippen molar-refractivity contribution in [2.75, 3.05) is 11.9 Å². The Balaban J connectivity index is 1.68. The van der Waals surface area contributed by atoms with Gasteiger partial charge in [-0.3, -0.25) is 0 Å². The number of esters is 1. The second-order valence-corrected chi connectivity index (χ2v) is 7.84. The molecule has 0 radical (unpaired) electrons. The molecule has 0 aliphatic rings. The van der Waals surface area contributed by atoms with Crippen LogP contribution < -0.4 is 5.32 Å². The maximum Gasteiger partial charge on any atom is 0.338 e. The normalized spacial score (nSPS) is 10.8. The van der Waals surface area contributed by atoms with Crippen molar-refractivity contribution in [1.29, 1.82) is 0 Å². The molecule has 2 heterocycles. The van der Waals surface area contributed by atoms with Crippen molar-refractivity contribution in [2.45, 2.75) is 20.3 Å². The van der Waals surface area contributed by atoms with Gasteiger partial charge in [0, 0.05) is 16.1 Å². The van der Waals surface area contributed by atoms with Crippen LogP contribution in [0.4, 0.5) is 11.5 Å². The van der Waals surface area contributed by atoms with Gasteiger partial charge in [0.2, 0.25) is 0 Å². The van der Waals surface area contributed by atoms with Crippen LogP contribution in [-0.4, -0.2) is 22.5 Å². The molecule has 2 aromatic heterocycles. The Morgan fingerprint density at radius 1 is 1.07 bits per heavy atom. The smallest absolute Gasteiger partial charge is 0.338 e. The quantitative estimate of drug-likeness (QED) is 0.401. The van der Waals surface area contributed by atoms with Gasteiger partial charge in [-0.15, -0.1) is 11.3 Å². The van der Waals surface area contributed by atoms with Crippen molar-refractivity contribution < 1.29 is 9.53 Å². The van der Waals surface area contributed by atoms with E-state index in [-0.39, 0.29) is 5.97 Å². The average Bonchev–Trinajstić information content (AvgIpc) is 3.10. The first-order chi connectivity index (χ1) is 14.2. The Labute approximate surface area is 173 Å². The summed E-state index contributed by atoms with van der Waals surface area (Å²) in [4.78, 5) is 23.1. The van der Waals surface area contributed by atoms with Crippen LogP contribution in [0.15, 0.2) is 60.9 Å². The van der Waals surface area contributed by atoms with Gasteiger partial charge in [-0.05, 0) is 43.2 Å². The third-order valence-corrected chi connectivity index (χ3v) is 5.56. The van der Waals surface area contributed by atoms with Crippen molar-refractivity contribution >= 4 is 39.0 Å². The minimum absolute atomic E-state index is 0.303. The summed E-state index contributed by atoms with van der Waals surface area (Å²) >= 11 is 1.66. The van der Waals surface area contributed by atoms with Crippen molar-refractivity contribution in [3.63, 3.8) is 0 Å². The molecule has 0 aliphatic carbocycles. The molecule has 146 valence electrons. The summed E-state index contributed by atoms with van der Waals surface area (Å²) in [6.07, 6.45) is 2.38. The first-order valence-corrected chi connectivity index (χ1v) is 10.3. The molecule has 0 fully saturated rings. The third kappa shape index (κ3) is 3.98. The first-order valence-electron chi connectivity index (χ1n) is 9.51. The van der Waals surface area contributed by atoms with Crippen LogP contribution in [-0.2, 0) is 4.74 Å². The molecule has 0 atom stereocenters. The van der Waals surface area contributed by atoms with Crippen LogP contribution in [0.2, 0.25) is 0 Å². The molecule has 4 aromatic rings. The summed E-state index contributed by atoms with van der Waals surface area (Å²) in [5.74, 6) is 0.446. The van der Waals surface area contributed by atoms with Gasteiger partial charge in [-0.1, -0.05) is 37.3 Å². The van der Waals surface area contributed by atoms with E-state index in [0.717, 1.165) is 39.3 Å². The van der Waals surface area contributed by atoms with Crippen molar-refractivity contribution in [2.24, 2.45) is 0 Å². The summed E-state index contributed by atoms with van der Waals surface area (Å²) in [6.45, 7) is 4.51. The van der Waals surface area contributed by atoms with Crippen LogP contribution in [0.25, 0.3) is 21.3 Å². The van der Waals surface area contributed by atoms with Gasteiger partial charge in [-0.2, -0.15) is 0 Å².